The number of thioether (sulfide) groups is 1. The fourth-order valence-corrected chi connectivity index (χ4v) is 1.41. The van der Waals surface area contributed by atoms with Gasteiger partial charge in [0.1, 0.15) is 0 Å². The number of nitrogens with two attached hydrogens (primary N) is 1. The molecule has 0 aromatic rings. The number of nitrogens with zero attached hydrogens (tertiary/aromatic N) is 1. The van der Waals surface area contributed by atoms with Gasteiger partial charge in [-0.1, -0.05) is 0 Å². The Morgan fingerprint density at radius 3 is 2.89 bits per heavy atom. The van der Waals surface area contributed by atoms with Crippen LogP contribution in [0, 0.1) is 0 Å². The summed E-state index contributed by atoms with van der Waals surface area (Å²) in [7, 11) is 1.70. The average Bonchev–Trinajstić information content (AvgIpc) is 1.83. The van der Waals surface area contributed by atoms with Crippen molar-refractivity contribution in [2.45, 2.75) is 6.42 Å². The average molecular weight is 145 g/mol. The third-order valence-corrected chi connectivity index (χ3v) is 2.25. The number of hydrogen-bond acceptors (Lipinski definition) is 3. The van der Waals surface area contributed by atoms with Crippen LogP contribution in [0.1, 0.15) is 6.42 Å². The van der Waals surface area contributed by atoms with Gasteiger partial charge < -0.3 is 0 Å². The maximum atomic E-state index is 10.8. The van der Waals surface area contributed by atoms with E-state index >= 15 is 0 Å². The molecule has 1 aliphatic heterocycles. The lowest BCUT2D eigenvalue weighted by atomic mass is 10.4. The third kappa shape index (κ3) is 1.24. The molecule has 1 amide bonds. The highest BCUT2D eigenvalue weighted by Crippen LogP contribution is 2.07. The summed E-state index contributed by atoms with van der Waals surface area (Å²) in [5, 5.41) is 0.617. The summed E-state index contributed by atoms with van der Waals surface area (Å²) in [6, 6.07) is 0. The molecule has 0 radical (unpaired) electrons. The topological polar surface area (TPSA) is 46.1 Å². The monoisotopic (exact) mass is 145 g/mol. The van der Waals surface area contributed by atoms with E-state index in [4.69, 9.17) is 5.73 Å². The number of amides is 1. The Hall–Kier alpha value is -0.510. The first-order valence-corrected chi connectivity index (χ1v) is 3.72. The van der Waals surface area contributed by atoms with Crippen LogP contribution in [0.25, 0.3) is 0 Å². The SMILES string of the molecule is C[N+]1=C(N)SCCC1=O. The minimum absolute atomic E-state index is 0.117. The summed E-state index contributed by atoms with van der Waals surface area (Å²) in [5.74, 6) is 0.945. The van der Waals surface area contributed by atoms with Gasteiger partial charge in [-0.2, -0.15) is 4.58 Å². The molecule has 0 aliphatic carbocycles. The number of carbonyl (C=O) groups excluding carboxylic acids is 1. The van der Waals surface area contributed by atoms with Crippen LogP contribution in [0.2, 0.25) is 0 Å². The zero-order chi connectivity index (χ0) is 6.85. The highest BCUT2D eigenvalue weighted by atomic mass is 32.2. The predicted molar refractivity (Wildman–Crippen MR) is 37.5 cm³/mol. The molecule has 1 heterocycles. The molecule has 0 saturated carbocycles. The quantitative estimate of drug-likeness (QED) is 0.472. The van der Waals surface area contributed by atoms with Gasteiger partial charge in [0.15, 0.2) is 0 Å². The molecule has 1 aliphatic rings. The van der Waals surface area contributed by atoms with E-state index < -0.39 is 0 Å². The van der Waals surface area contributed by atoms with Crippen LogP contribution in [0.15, 0.2) is 0 Å². The van der Waals surface area contributed by atoms with Crippen molar-refractivity contribution in [2.75, 3.05) is 12.8 Å². The highest BCUT2D eigenvalue weighted by molar-refractivity contribution is 8.13. The van der Waals surface area contributed by atoms with Crippen molar-refractivity contribution in [3.63, 3.8) is 0 Å². The zero-order valence-electron chi connectivity index (χ0n) is 5.26. The molecule has 0 fully saturated rings. The van der Waals surface area contributed by atoms with Crippen LogP contribution in [0.3, 0.4) is 0 Å². The van der Waals surface area contributed by atoms with Gasteiger partial charge in [0.05, 0.1) is 13.5 Å². The summed E-state index contributed by atoms with van der Waals surface area (Å²) in [6.45, 7) is 0. The van der Waals surface area contributed by atoms with E-state index in [0.717, 1.165) is 5.75 Å². The molecule has 4 heteroatoms. The zero-order valence-corrected chi connectivity index (χ0v) is 6.07. The number of hydrogen-bond donors (Lipinski definition) is 1. The van der Waals surface area contributed by atoms with Crippen molar-refractivity contribution in [1.29, 1.82) is 0 Å². The molecular weight excluding hydrogens is 136 g/mol. The van der Waals surface area contributed by atoms with Crippen LogP contribution in [0.5, 0.6) is 0 Å². The van der Waals surface area contributed by atoms with E-state index in [-0.39, 0.29) is 5.91 Å². The maximum absolute atomic E-state index is 10.8. The van der Waals surface area contributed by atoms with Crippen LogP contribution in [0.4, 0.5) is 0 Å². The van der Waals surface area contributed by atoms with E-state index in [1.165, 1.54) is 16.3 Å². The van der Waals surface area contributed by atoms with Gasteiger partial charge in [-0.05, 0) is 11.8 Å². The second-order valence-electron chi connectivity index (χ2n) is 1.89. The number of carbonyl (C=O) groups is 1. The lowest BCUT2D eigenvalue weighted by molar-refractivity contribution is -0.417. The summed E-state index contributed by atoms with van der Waals surface area (Å²) < 4.78 is 1.49. The Labute approximate surface area is 57.9 Å². The smallest absolute Gasteiger partial charge is 0.281 e. The van der Waals surface area contributed by atoms with Gasteiger partial charge in [0, 0.05) is 5.75 Å². The standard InChI is InChI=1S/C5H8N2OS/c1-7-4(8)2-3-9-5(7)6/h6H,2-3H2,1H3/p+1. The lowest BCUT2D eigenvalue weighted by Gasteiger charge is -2.06. The van der Waals surface area contributed by atoms with Crippen LogP contribution in [-0.2, 0) is 4.79 Å². The van der Waals surface area contributed by atoms with Crippen LogP contribution >= 0.6 is 11.8 Å². The highest BCUT2D eigenvalue weighted by Gasteiger charge is 2.19. The summed E-state index contributed by atoms with van der Waals surface area (Å²) in [4.78, 5) is 10.8. The first-order valence-electron chi connectivity index (χ1n) is 2.73. The van der Waals surface area contributed by atoms with Gasteiger partial charge in [0.25, 0.3) is 0 Å². The van der Waals surface area contributed by atoms with Crippen molar-refractivity contribution in [1.82, 2.24) is 0 Å². The van der Waals surface area contributed by atoms with Crippen LogP contribution < -0.4 is 5.73 Å². The van der Waals surface area contributed by atoms with Gasteiger partial charge in [0.2, 0.25) is 0 Å². The van der Waals surface area contributed by atoms with Gasteiger partial charge in [-0.15, -0.1) is 0 Å². The van der Waals surface area contributed by atoms with Crippen molar-refractivity contribution < 1.29 is 9.37 Å². The Bertz CT molecular complexity index is 176. The molecular formula is C5H9N2OS+. The second kappa shape index (κ2) is 2.39. The summed E-state index contributed by atoms with van der Waals surface area (Å²) in [6.07, 6.45) is 0.613. The van der Waals surface area contributed by atoms with E-state index in [0.29, 0.717) is 11.6 Å². The fraction of sp³-hybridized carbons (Fsp3) is 0.600. The van der Waals surface area contributed by atoms with Gasteiger partial charge in [-0.3, -0.25) is 5.73 Å². The van der Waals surface area contributed by atoms with E-state index in [9.17, 15) is 4.79 Å². The van der Waals surface area contributed by atoms with Crippen molar-refractivity contribution in [3.05, 3.63) is 0 Å². The largest absolute Gasteiger partial charge is 0.311 e. The molecule has 2 N–H and O–H groups in total. The Kier molecular flexibility index (Phi) is 1.75. The van der Waals surface area contributed by atoms with E-state index in [1.54, 1.807) is 7.05 Å². The van der Waals surface area contributed by atoms with Crippen molar-refractivity contribution in [3.8, 4) is 0 Å². The molecule has 1 rings (SSSR count). The Morgan fingerprint density at radius 1 is 1.78 bits per heavy atom. The molecule has 50 valence electrons. The first-order chi connectivity index (χ1) is 4.22. The second-order valence-corrected chi connectivity index (χ2v) is 3.00. The molecule has 0 spiro atoms. The molecule has 3 nitrogen and oxygen atoms in total. The third-order valence-electron chi connectivity index (χ3n) is 1.27. The van der Waals surface area contributed by atoms with Crippen molar-refractivity contribution in [2.24, 2.45) is 5.73 Å². The first kappa shape index (κ1) is 6.61. The van der Waals surface area contributed by atoms with Crippen molar-refractivity contribution >= 4 is 22.8 Å². The maximum Gasteiger partial charge on any atom is 0.311 e. The summed E-state index contributed by atoms with van der Waals surface area (Å²) >= 11 is 1.53. The molecule has 0 aromatic heterocycles. The number of amidine groups is 1. The van der Waals surface area contributed by atoms with E-state index in [2.05, 4.69) is 0 Å². The fourth-order valence-electron chi connectivity index (χ4n) is 0.630. The molecule has 0 atom stereocenters. The minimum Gasteiger partial charge on any atom is -0.281 e. The Morgan fingerprint density at radius 2 is 2.44 bits per heavy atom. The lowest BCUT2D eigenvalue weighted by Crippen LogP contribution is -2.32. The minimum atomic E-state index is 0.117. The molecule has 0 saturated heterocycles. The summed E-state index contributed by atoms with van der Waals surface area (Å²) in [5.41, 5.74) is 5.45. The molecule has 0 aromatic carbocycles. The van der Waals surface area contributed by atoms with Gasteiger partial charge >= 0.3 is 11.1 Å². The van der Waals surface area contributed by atoms with Gasteiger partial charge in [-0.25, -0.2) is 4.79 Å². The molecule has 0 bridgehead atoms. The van der Waals surface area contributed by atoms with Crippen LogP contribution in [-0.4, -0.2) is 28.5 Å². The predicted octanol–water partition coefficient (Wildman–Crippen LogP) is -0.393. The molecule has 0 unspecified atom stereocenters. The molecule has 9 heavy (non-hydrogen) atoms. The van der Waals surface area contributed by atoms with E-state index in [1.807, 2.05) is 0 Å². The number of rotatable bonds is 0. The normalized spacial score (nSPS) is 20.8. The Balaban J connectivity index is 2.84.